The number of hydrogen-bond acceptors (Lipinski definition) is 17. The maximum atomic E-state index is 16.6. The summed E-state index contributed by atoms with van der Waals surface area (Å²) in [4.78, 5) is 89.8. The molecule has 19 rings (SSSR count). The molecule has 7 fully saturated rings. The van der Waals surface area contributed by atoms with E-state index in [4.69, 9.17) is 44.5 Å². The zero-order chi connectivity index (χ0) is 81.0. The number of amides is 3. The molecule has 0 spiro atoms. The Bertz CT molecular complexity index is 6130. The minimum absolute atomic E-state index is 0.00901. The SMILES string of the molecule is C/C=C/C(=O)N1CC[C@@H]2[C@H]1CN2c1ncnc2c(F)c(-c3cccc4ccc(F)c(Cl)c34)ncc12.C=CC(=O)N1CC[C@@H]2[C@H]1CN2c1nc(OC[C@@H]2CC(C)(F)CN2C)nc2c(F)c(-c3cccc4ccc(F)c(Cl)c34)ncc12.O=C(/C=C/C(F)F)N1CC[C@@H]2[C@H]1CN2c1ncnc2c(F)c(-c3cccc4ccc(F)c(Cl)c34)ncc12. The summed E-state index contributed by atoms with van der Waals surface area (Å²) in [6, 6.07) is 23.7. The van der Waals surface area contributed by atoms with Crippen LogP contribution < -0.4 is 19.4 Å². The molecule has 3 amide bonds. The van der Waals surface area contributed by atoms with E-state index >= 15 is 13.2 Å². The van der Waals surface area contributed by atoms with Gasteiger partial charge in [-0.2, -0.15) is 9.97 Å². The van der Waals surface area contributed by atoms with Gasteiger partial charge in [-0.3, -0.25) is 34.2 Å². The first-order valence-corrected chi connectivity index (χ1v) is 38.5. The standard InChI is InChI=1S/C32H30ClF3N6O2.C26H18ClF4N5O.C26H20ClF2N5O/c1-4-24(43)41-11-10-22-23(41)14-42(22)30-20-13-37-28(19-7-5-6-17-8-9-21(34)26(33)25(17)19)27(35)29(20)38-31(39-30)44-15-18-12-32(2,36)16-40(18)3;27-22-16(28)5-4-13-2-1-3-14(21(13)22)24-23(31)25-15(10-32-24)26(34-12-33-25)36-11-18-17(36)8-9-35(18)20(37)7-6-19(29)30;1-2-4-20(35)33-10-9-18-19(33)12-34(18)26-16-11-30-24(23(29)25(16)31-13-32-26)15-6-3-5-14-7-8-17(28)22(27)21(14)15/h4-9,13,18,22-23H,1,10-12,14-16H2,2-3H3;1-7,10,12,17-19H,8-9,11H2;2-8,11,13,18-19H,9-10,12H2,1H3/b;7-6+;4-2+/t18-,22+,23+,32?;17-,18-;18-,19-/m011/s1. The number of halogens is 12. The molecule has 1 unspecified atom stereocenters. The highest BCUT2D eigenvalue weighted by Gasteiger charge is 2.52. The Kier molecular flexibility index (Phi) is 20.4. The van der Waals surface area contributed by atoms with Gasteiger partial charge in [-0.05, 0) is 92.7 Å². The van der Waals surface area contributed by atoms with Gasteiger partial charge < -0.3 is 34.1 Å². The van der Waals surface area contributed by atoms with Crippen LogP contribution >= 0.6 is 34.8 Å². The van der Waals surface area contributed by atoms with E-state index in [2.05, 4.69) is 51.4 Å². The monoisotopic (exact) mass is 1640 g/mol. The summed E-state index contributed by atoms with van der Waals surface area (Å²) in [6.07, 6.45) is 13.0. The molecule has 12 aromatic rings. The molecule has 592 valence electrons. The summed E-state index contributed by atoms with van der Waals surface area (Å²) in [7, 11) is 1.83. The van der Waals surface area contributed by atoms with Gasteiger partial charge in [0.2, 0.25) is 17.7 Å². The van der Waals surface area contributed by atoms with Crippen LogP contribution in [0.25, 0.3) is 98.8 Å². The van der Waals surface area contributed by atoms with Crippen molar-refractivity contribution in [1.29, 1.82) is 0 Å². The van der Waals surface area contributed by atoms with Crippen LogP contribution in [0.2, 0.25) is 15.1 Å². The quantitative estimate of drug-likeness (QED) is 0.0779. The number of benzene rings is 6. The van der Waals surface area contributed by atoms with Crippen molar-refractivity contribution in [1.82, 2.24) is 64.5 Å². The third-order valence-corrected chi connectivity index (χ3v) is 24.2. The molecule has 20 nitrogen and oxygen atoms in total. The fourth-order valence-electron chi connectivity index (χ4n) is 17.5. The van der Waals surface area contributed by atoms with E-state index in [0.29, 0.717) is 141 Å². The van der Waals surface area contributed by atoms with E-state index in [1.807, 2.05) is 33.6 Å². The topological polar surface area (TPSA) is 199 Å². The number of carbonyl (C=O) groups excluding carboxylic acids is 3. The highest BCUT2D eigenvalue weighted by atomic mass is 35.5. The second-order valence-electron chi connectivity index (χ2n) is 29.8. The number of likely N-dealkylation sites (tertiary alicyclic amines) is 4. The van der Waals surface area contributed by atoms with E-state index in [-0.39, 0.29) is 128 Å². The van der Waals surface area contributed by atoms with Crippen LogP contribution in [-0.2, 0) is 14.4 Å². The van der Waals surface area contributed by atoms with Crippen molar-refractivity contribution in [2.24, 2.45) is 0 Å². The van der Waals surface area contributed by atoms with Gasteiger partial charge in [0.05, 0.1) is 67.5 Å². The van der Waals surface area contributed by atoms with E-state index in [0.717, 1.165) is 12.5 Å². The average Bonchev–Trinajstić information content (AvgIpc) is 1.40. The summed E-state index contributed by atoms with van der Waals surface area (Å²) in [5, 5.41) is 3.99. The van der Waals surface area contributed by atoms with Crippen molar-refractivity contribution in [2.75, 3.05) is 74.2 Å². The van der Waals surface area contributed by atoms with E-state index in [9.17, 15) is 40.7 Å². The molecule has 0 N–H and O–H groups in total. The number of alkyl halides is 3. The van der Waals surface area contributed by atoms with Crippen LogP contribution in [0.3, 0.4) is 0 Å². The molecule has 7 saturated heterocycles. The Morgan fingerprint density at radius 1 is 0.534 bits per heavy atom. The number of carbonyl (C=O) groups is 3. The zero-order valence-corrected chi connectivity index (χ0v) is 64.3. The second kappa shape index (κ2) is 30.7. The van der Waals surface area contributed by atoms with Crippen LogP contribution in [0, 0.1) is 34.9 Å². The summed E-state index contributed by atoms with van der Waals surface area (Å²) >= 11 is 18.9. The Hall–Kier alpha value is -11.4. The van der Waals surface area contributed by atoms with Gasteiger partial charge in [-0.1, -0.05) is 120 Å². The summed E-state index contributed by atoms with van der Waals surface area (Å²) in [5.74, 6) is -2.92. The molecular formula is C84H68Cl3F9N16O4. The smallest absolute Gasteiger partial charge is 0.319 e. The minimum atomic E-state index is -2.69. The van der Waals surface area contributed by atoms with Crippen molar-refractivity contribution in [2.45, 2.75) is 93.9 Å². The number of aromatic nitrogens is 9. The third-order valence-electron chi connectivity index (χ3n) is 23.1. The maximum Gasteiger partial charge on any atom is 0.319 e. The van der Waals surface area contributed by atoms with Crippen molar-refractivity contribution in [3.63, 3.8) is 0 Å². The molecular weight excluding hydrogens is 1570 g/mol. The number of rotatable bonds is 13. The Morgan fingerprint density at radius 3 is 1.34 bits per heavy atom. The lowest BCUT2D eigenvalue weighted by atomic mass is 9.96. The number of pyridine rings is 3. The van der Waals surface area contributed by atoms with Crippen LogP contribution in [0.1, 0.15) is 39.5 Å². The Balaban J connectivity index is 0.000000126. The average molecular weight is 1640 g/mol. The fraction of sp³-hybridized carbons (Fsp3) is 0.286. The molecule has 8 atom stereocenters. The predicted molar refractivity (Wildman–Crippen MR) is 426 cm³/mol. The molecule has 13 heterocycles. The van der Waals surface area contributed by atoms with Gasteiger partial charge in [0.15, 0.2) is 17.5 Å². The Morgan fingerprint density at radius 2 is 0.940 bits per heavy atom. The molecule has 32 heteroatoms. The second-order valence-corrected chi connectivity index (χ2v) is 30.9. The first-order chi connectivity index (χ1) is 55.9. The van der Waals surface area contributed by atoms with Crippen LogP contribution in [0.4, 0.5) is 57.0 Å². The van der Waals surface area contributed by atoms with Crippen molar-refractivity contribution in [3.05, 3.63) is 209 Å². The fourth-order valence-corrected chi connectivity index (χ4v) is 18.4. The van der Waals surface area contributed by atoms with Gasteiger partial charge in [0.25, 0.3) is 6.43 Å². The molecule has 116 heavy (non-hydrogen) atoms. The van der Waals surface area contributed by atoms with Crippen molar-refractivity contribution in [3.8, 4) is 39.8 Å². The zero-order valence-electron chi connectivity index (χ0n) is 62.1. The molecule has 0 bridgehead atoms. The normalized spacial score (nSPS) is 21.5. The van der Waals surface area contributed by atoms with Crippen molar-refractivity contribution < 1.29 is 58.6 Å². The molecule has 6 aromatic carbocycles. The number of allylic oxidation sites excluding steroid dienone is 2. The Labute approximate surface area is 671 Å². The van der Waals surface area contributed by atoms with Gasteiger partial charge in [0, 0.05) is 116 Å². The van der Waals surface area contributed by atoms with Gasteiger partial charge in [-0.25, -0.2) is 59.4 Å². The molecule has 7 aliphatic rings. The van der Waals surface area contributed by atoms with E-state index in [1.54, 1.807) is 108 Å². The minimum Gasteiger partial charge on any atom is -0.462 e. The summed E-state index contributed by atoms with van der Waals surface area (Å²) in [6.45, 7) is 10.6. The highest BCUT2D eigenvalue weighted by Crippen LogP contribution is 2.47. The lowest BCUT2D eigenvalue weighted by molar-refractivity contribution is -0.128. The number of hydrogen-bond donors (Lipinski definition) is 0. The molecule has 7 aliphatic heterocycles. The number of likely N-dealkylation sites (N-methyl/N-ethyl adjacent to an activating group) is 1. The molecule has 0 saturated carbocycles. The largest absolute Gasteiger partial charge is 0.462 e. The summed E-state index contributed by atoms with van der Waals surface area (Å²) in [5.41, 5.74) is -0.129. The molecule has 6 aromatic heterocycles. The predicted octanol–water partition coefficient (Wildman–Crippen LogP) is 16.1. The van der Waals surface area contributed by atoms with Crippen LogP contribution in [0.15, 0.2) is 159 Å². The number of ether oxygens (including phenoxy) is 1. The first kappa shape index (κ1) is 77.2. The number of nitrogens with zero attached hydrogens (tertiary/aromatic N) is 16. The van der Waals surface area contributed by atoms with Gasteiger partial charge in [-0.15, -0.1) is 0 Å². The van der Waals surface area contributed by atoms with Gasteiger partial charge in [0.1, 0.15) is 93.5 Å². The van der Waals surface area contributed by atoms with E-state index in [1.165, 1.54) is 49.3 Å². The lowest BCUT2D eigenvalue weighted by Crippen LogP contribution is -2.63. The van der Waals surface area contributed by atoms with E-state index < -0.39 is 52.9 Å². The van der Waals surface area contributed by atoms with Crippen molar-refractivity contribution >= 4 is 135 Å². The van der Waals surface area contributed by atoms with Gasteiger partial charge >= 0.3 is 6.01 Å². The van der Waals surface area contributed by atoms with Crippen LogP contribution in [-0.4, -0.2) is 196 Å². The summed E-state index contributed by atoms with van der Waals surface area (Å²) < 4.78 is 137. The number of anilines is 3. The molecule has 0 aliphatic carbocycles. The lowest BCUT2D eigenvalue weighted by Gasteiger charge is -2.47. The van der Waals surface area contributed by atoms with Crippen LogP contribution in [0.5, 0.6) is 6.01 Å². The molecule has 0 radical (unpaired) electrons. The maximum absolute atomic E-state index is 16.6. The first-order valence-electron chi connectivity index (χ1n) is 37.4. The number of fused-ring (bicyclic) bond motifs is 9. The highest BCUT2D eigenvalue weighted by molar-refractivity contribution is 6.38. The third kappa shape index (κ3) is 13.5.